The standard InChI is InChI=1S/C15H9F3N2/c16-10-4-1-2-7-14(10)20-9-8-13(19-20)15-11(17)5-3-6-12(15)18/h1-9H. The van der Waals surface area contributed by atoms with E-state index in [1.165, 1.54) is 35.1 Å². The number of aromatic nitrogens is 2. The van der Waals surface area contributed by atoms with Crippen LogP contribution in [0, 0.1) is 17.5 Å². The number of benzene rings is 2. The quantitative estimate of drug-likeness (QED) is 0.691. The second-order valence-corrected chi connectivity index (χ2v) is 4.19. The summed E-state index contributed by atoms with van der Waals surface area (Å²) in [6.07, 6.45) is 1.46. The van der Waals surface area contributed by atoms with E-state index in [-0.39, 0.29) is 16.9 Å². The summed E-state index contributed by atoms with van der Waals surface area (Å²) in [5.74, 6) is -1.87. The molecule has 0 radical (unpaired) electrons. The molecule has 2 aromatic carbocycles. The molecule has 20 heavy (non-hydrogen) atoms. The van der Waals surface area contributed by atoms with Crippen molar-refractivity contribution in [3.63, 3.8) is 0 Å². The molecular weight excluding hydrogens is 265 g/mol. The molecule has 0 saturated heterocycles. The highest BCUT2D eigenvalue weighted by Crippen LogP contribution is 2.25. The molecule has 0 fully saturated rings. The molecule has 0 aliphatic carbocycles. The highest BCUT2D eigenvalue weighted by molar-refractivity contribution is 5.60. The molecule has 3 rings (SSSR count). The van der Waals surface area contributed by atoms with Gasteiger partial charge in [0, 0.05) is 6.20 Å². The lowest BCUT2D eigenvalue weighted by atomic mass is 10.1. The maximum atomic E-state index is 13.7. The summed E-state index contributed by atoms with van der Waals surface area (Å²) in [5.41, 5.74) is 0.113. The molecule has 2 nitrogen and oxygen atoms in total. The van der Waals surface area contributed by atoms with Crippen LogP contribution in [0.5, 0.6) is 0 Å². The molecule has 3 aromatic rings. The van der Waals surface area contributed by atoms with E-state index in [0.717, 1.165) is 12.1 Å². The van der Waals surface area contributed by atoms with Crippen molar-refractivity contribution in [3.05, 3.63) is 72.2 Å². The smallest absolute Gasteiger partial charge is 0.148 e. The minimum atomic E-state index is -0.705. The van der Waals surface area contributed by atoms with E-state index in [4.69, 9.17) is 0 Å². The minimum Gasteiger partial charge on any atom is -0.237 e. The van der Waals surface area contributed by atoms with Gasteiger partial charge < -0.3 is 0 Å². The summed E-state index contributed by atoms with van der Waals surface area (Å²) in [5, 5.41) is 4.03. The minimum absolute atomic E-state index is 0.115. The van der Waals surface area contributed by atoms with Crippen LogP contribution in [0.25, 0.3) is 16.9 Å². The summed E-state index contributed by atoms with van der Waals surface area (Å²) < 4.78 is 42.2. The van der Waals surface area contributed by atoms with E-state index in [9.17, 15) is 13.2 Å². The first-order chi connectivity index (χ1) is 9.66. The Hall–Kier alpha value is -2.56. The fourth-order valence-electron chi connectivity index (χ4n) is 1.97. The van der Waals surface area contributed by atoms with Crippen molar-refractivity contribution in [1.29, 1.82) is 0 Å². The maximum Gasteiger partial charge on any atom is 0.148 e. The van der Waals surface area contributed by atoms with Crippen molar-refractivity contribution in [2.75, 3.05) is 0 Å². The average Bonchev–Trinajstić information content (AvgIpc) is 2.88. The molecule has 0 atom stereocenters. The Bertz CT molecular complexity index is 745. The van der Waals surface area contributed by atoms with Crippen LogP contribution in [-0.4, -0.2) is 9.78 Å². The van der Waals surface area contributed by atoms with Crippen molar-refractivity contribution in [3.8, 4) is 16.9 Å². The van der Waals surface area contributed by atoms with E-state index < -0.39 is 17.5 Å². The molecule has 0 spiro atoms. The zero-order valence-corrected chi connectivity index (χ0v) is 10.2. The fourth-order valence-corrected chi connectivity index (χ4v) is 1.97. The van der Waals surface area contributed by atoms with Crippen LogP contribution in [0.15, 0.2) is 54.7 Å². The average molecular weight is 274 g/mol. The fraction of sp³-hybridized carbons (Fsp3) is 0. The summed E-state index contributed by atoms with van der Waals surface area (Å²) in [4.78, 5) is 0. The van der Waals surface area contributed by atoms with Crippen LogP contribution in [-0.2, 0) is 0 Å². The highest BCUT2D eigenvalue weighted by atomic mass is 19.1. The van der Waals surface area contributed by atoms with Gasteiger partial charge in [-0.05, 0) is 30.3 Å². The largest absolute Gasteiger partial charge is 0.237 e. The van der Waals surface area contributed by atoms with E-state index in [2.05, 4.69) is 5.10 Å². The monoisotopic (exact) mass is 274 g/mol. The van der Waals surface area contributed by atoms with Crippen molar-refractivity contribution in [2.24, 2.45) is 0 Å². The van der Waals surface area contributed by atoms with E-state index in [1.807, 2.05) is 0 Å². The molecule has 0 aliphatic rings. The van der Waals surface area contributed by atoms with E-state index >= 15 is 0 Å². The van der Waals surface area contributed by atoms with Gasteiger partial charge in [-0.15, -0.1) is 0 Å². The summed E-state index contributed by atoms with van der Waals surface area (Å²) >= 11 is 0. The molecule has 0 unspecified atom stereocenters. The molecule has 0 saturated carbocycles. The normalized spacial score (nSPS) is 10.8. The lowest BCUT2D eigenvalue weighted by Crippen LogP contribution is -1.99. The predicted octanol–water partition coefficient (Wildman–Crippen LogP) is 3.96. The third-order valence-corrected chi connectivity index (χ3v) is 2.91. The molecular formula is C15H9F3N2. The van der Waals surface area contributed by atoms with Gasteiger partial charge in [-0.3, -0.25) is 0 Å². The Balaban J connectivity index is 2.10. The highest BCUT2D eigenvalue weighted by Gasteiger charge is 2.14. The number of halogens is 3. The Morgan fingerprint density at radius 2 is 1.40 bits per heavy atom. The summed E-state index contributed by atoms with van der Waals surface area (Å²) in [6.45, 7) is 0. The van der Waals surface area contributed by atoms with Crippen LogP contribution in [0.1, 0.15) is 0 Å². The third kappa shape index (κ3) is 2.07. The third-order valence-electron chi connectivity index (χ3n) is 2.91. The Labute approximate surface area is 113 Å². The Morgan fingerprint density at radius 3 is 2.10 bits per heavy atom. The van der Waals surface area contributed by atoms with Crippen molar-refractivity contribution in [2.45, 2.75) is 0 Å². The van der Waals surface area contributed by atoms with Gasteiger partial charge in [0.25, 0.3) is 0 Å². The van der Waals surface area contributed by atoms with Crippen molar-refractivity contribution >= 4 is 0 Å². The van der Waals surface area contributed by atoms with Gasteiger partial charge in [-0.25, -0.2) is 17.9 Å². The molecule has 0 amide bonds. The second kappa shape index (κ2) is 4.85. The number of hydrogen-bond donors (Lipinski definition) is 0. The summed E-state index contributed by atoms with van der Waals surface area (Å²) in [7, 11) is 0. The molecule has 0 aliphatic heterocycles. The molecule has 1 heterocycles. The predicted molar refractivity (Wildman–Crippen MR) is 68.9 cm³/mol. The van der Waals surface area contributed by atoms with Gasteiger partial charge in [0.1, 0.15) is 23.1 Å². The zero-order valence-electron chi connectivity index (χ0n) is 10.2. The Morgan fingerprint density at radius 1 is 0.750 bits per heavy atom. The molecule has 1 aromatic heterocycles. The molecule has 5 heteroatoms. The second-order valence-electron chi connectivity index (χ2n) is 4.19. The zero-order chi connectivity index (χ0) is 14.1. The van der Waals surface area contributed by atoms with Crippen LogP contribution in [0.3, 0.4) is 0 Å². The van der Waals surface area contributed by atoms with Crippen molar-refractivity contribution in [1.82, 2.24) is 9.78 Å². The van der Waals surface area contributed by atoms with E-state index in [1.54, 1.807) is 12.1 Å². The van der Waals surface area contributed by atoms with Crippen LogP contribution >= 0.6 is 0 Å². The number of rotatable bonds is 2. The molecule has 0 N–H and O–H groups in total. The number of hydrogen-bond acceptors (Lipinski definition) is 1. The summed E-state index contributed by atoms with van der Waals surface area (Å²) in [6, 6.07) is 11.1. The lowest BCUT2D eigenvalue weighted by molar-refractivity contribution is 0.587. The van der Waals surface area contributed by atoms with Crippen LogP contribution in [0.2, 0.25) is 0 Å². The molecule has 100 valence electrons. The van der Waals surface area contributed by atoms with Gasteiger partial charge >= 0.3 is 0 Å². The van der Waals surface area contributed by atoms with Crippen molar-refractivity contribution < 1.29 is 13.2 Å². The van der Waals surface area contributed by atoms with Gasteiger partial charge in [0.15, 0.2) is 0 Å². The van der Waals surface area contributed by atoms with Crippen LogP contribution in [0.4, 0.5) is 13.2 Å². The first kappa shape index (κ1) is 12.5. The number of para-hydroxylation sites is 1. The molecule has 0 bridgehead atoms. The van der Waals surface area contributed by atoms with Gasteiger partial charge in [-0.2, -0.15) is 5.10 Å². The van der Waals surface area contributed by atoms with Crippen LogP contribution < -0.4 is 0 Å². The number of nitrogens with zero attached hydrogens (tertiary/aromatic N) is 2. The van der Waals surface area contributed by atoms with Gasteiger partial charge in [-0.1, -0.05) is 18.2 Å². The first-order valence-electron chi connectivity index (χ1n) is 5.92. The van der Waals surface area contributed by atoms with Gasteiger partial charge in [0.2, 0.25) is 0 Å². The topological polar surface area (TPSA) is 17.8 Å². The first-order valence-corrected chi connectivity index (χ1v) is 5.92. The van der Waals surface area contributed by atoms with E-state index in [0.29, 0.717) is 0 Å². The maximum absolute atomic E-state index is 13.7. The van der Waals surface area contributed by atoms with Gasteiger partial charge in [0.05, 0.1) is 11.3 Å². The Kier molecular flexibility index (Phi) is 3.02. The lowest BCUT2D eigenvalue weighted by Gasteiger charge is -2.03. The SMILES string of the molecule is Fc1ccccc1-n1ccc(-c2c(F)cccc2F)n1.